The average molecular weight is 238 g/mol. The lowest BCUT2D eigenvalue weighted by Crippen LogP contribution is -2.06. The molecule has 0 fully saturated rings. The molecule has 1 N–H and O–H groups in total. The SMILES string of the molecule is CCC1CSC(Nc2cc(F)ccc2C)=N1. The minimum Gasteiger partial charge on any atom is -0.335 e. The zero-order valence-electron chi connectivity index (χ0n) is 9.46. The first kappa shape index (κ1) is 11.5. The third-order valence-corrected chi connectivity index (χ3v) is 3.66. The normalized spacial score (nSPS) is 19.7. The average Bonchev–Trinajstić information content (AvgIpc) is 2.71. The smallest absolute Gasteiger partial charge is 0.161 e. The molecule has 0 aromatic heterocycles. The van der Waals surface area contributed by atoms with Crippen molar-refractivity contribution in [2.24, 2.45) is 4.99 Å². The van der Waals surface area contributed by atoms with Gasteiger partial charge in [0.15, 0.2) is 5.17 Å². The van der Waals surface area contributed by atoms with Crippen LogP contribution < -0.4 is 5.32 Å². The summed E-state index contributed by atoms with van der Waals surface area (Å²) in [6.45, 7) is 4.09. The van der Waals surface area contributed by atoms with Gasteiger partial charge in [0.05, 0.1) is 6.04 Å². The van der Waals surface area contributed by atoms with Crippen molar-refractivity contribution in [1.82, 2.24) is 0 Å². The van der Waals surface area contributed by atoms with Gasteiger partial charge < -0.3 is 5.32 Å². The standard InChI is InChI=1S/C12H15FN2S/c1-3-10-7-16-12(14-10)15-11-6-9(13)5-4-8(11)2/h4-6,10H,3,7H2,1-2H3,(H,14,15). The van der Waals surface area contributed by atoms with Gasteiger partial charge in [-0.1, -0.05) is 24.8 Å². The first-order valence-corrected chi connectivity index (χ1v) is 6.41. The zero-order chi connectivity index (χ0) is 11.5. The Balaban J connectivity index is 2.12. The number of halogens is 1. The highest BCUT2D eigenvalue weighted by Crippen LogP contribution is 2.23. The molecule has 0 bridgehead atoms. The number of nitrogens with zero attached hydrogens (tertiary/aromatic N) is 1. The van der Waals surface area contributed by atoms with Crippen LogP contribution in [0, 0.1) is 12.7 Å². The molecule has 1 heterocycles. The molecule has 1 atom stereocenters. The first-order valence-electron chi connectivity index (χ1n) is 5.43. The fourth-order valence-corrected chi connectivity index (χ4v) is 2.60. The molecule has 16 heavy (non-hydrogen) atoms. The Bertz CT molecular complexity index is 417. The number of hydrogen-bond acceptors (Lipinski definition) is 3. The third-order valence-electron chi connectivity index (χ3n) is 2.62. The fraction of sp³-hybridized carbons (Fsp3) is 0.417. The van der Waals surface area contributed by atoms with Gasteiger partial charge in [-0.2, -0.15) is 0 Å². The topological polar surface area (TPSA) is 24.4 Å². The number of benzene rings is 1. The maximum Gasteiger partial charge on any atom is 0.161 e. The number of hydrogen-bond donors (Lipinski definition) is 1. The van der Waals surface area contributed by atoms with E-state index in [9.17, 15) is 4.39 Å². The lowest BCUT2D eigenvalue weighted by molar-refractivity contribution is 0.628. The summed E-state index contributed by atoms with van der Waals surface area (Å²) in [5.41, 5.74) is 1.84. The summed E-state index contributed by atoms with van der Waals surface area (Å²) >= 11 is 1.70. The number of anilines is 1. The van der Waals surface area contributed by atoms with Crippen molar-refractivity contribution >= 4 is 22.6 Å². The molecular weight excluding hydrogens is 223 g/mol. The molecule has 1 aliphatic heterocycles. The second-order valence-electron chi connectivity index (χ2n) is 3.89. The second kappa shape index (κ2) is 4.87. The highest BCUT2D eigenvalue weighted by molar-refractivity contribution is 8.14. The number of thioether (sulfide) groups is 1. The van der Waals surface area contributed by atoms with Gasteiger partial charge in [-0.15, -0.1) is 0 Å². The van der Waals surface area contributed by atoms with Crippen LogP contribution in [0.2, 0.25) is 0 Å². The van der Waals surface area contributed by atoms with Gasteiger partial charge in [-0.25, -0.2) is 4.39 Å². The molecule has 1 unspecified atom stereocenters. The van der Waals surface area contributed by atoms with Gasteiger partial charge >= 0.3 is 0 Å². The van der Waals surface area contributed by atoms with Gasteiger partial charge in [-0.05, 0) is 31.0 Å². The lowest BCUT2D eigenvalue weighted by atomic mass is 10.2. The van der Waals surface area contributed by atoms with Gasteiger partial charge in [-0.3, -0.25) is 4.99 Å². The number of nitrogens with one attached hydrogen (secondary N) is 1. The summed E-state index contributed by atoms with van der Waals surface area (Å²) in [7, 11) is 0. The molecule has 0 saturated carbocycles. The Morgan fingerprint density at radius 2 is 2.38 bits per heavy atom. The molecule has 0 radical (unpaired) electrons. The summed E-state index contributed by atoms with van der Waals surface area (Å²) in [6, 6.07) is 5.16. The molecule has 2 rings (SSSR count). The van der Waals surface area contributed by atoms with Crippen molar-refractivity contribution in [3.8, 4) is 0 Å². The molecular formula is C12H15FN2S. The maximum atomic E-state index is 13.1. The molecule has 1 aliphatic rings. The molecule has 4 heteroatoms. The first-order chi connectivity index (χ1) is 7.69. The highest BCUT2D eigenvalue weighted by atomic mass is 32.2. The van der Waals surface area contributed by atoms with Crippen LogP contribution >= 0.6 is 11.8 Å². The van der Waals surface area contributed by atoms with E-state index in [1.165, 1.54) is 12.1 Å². The Hall–Kier alpha value is -1.03. The van der Waals surface area contributed by atoms with E-state index in [-0.39, 0.29) is 5.82 Å². The summed E-state index contributed by atoms with van der Waals surface area (Å²) in [5.74, 6) is 0.802. The van der Waals surface area contributed by atoms with E-state index in [4.69, 9.17) is 0 Å². The highest BCUT2D eigenvalue weighted by Gasteiger charge is 2.16. The van der Waals surface area contributed by atoms with Gasteiger partial charge in [0.1, 0.15) is 5.82 Å². The van der Waals surface area contributed by atoms with E-state index in [1.807, 2.05) is 6.92 Å². The Morgan fingerprint density at radius 1 is 1.56 bits per heavy atom. The maximum absolute atomic E-state index is 13.1. The van der Waals surface area contributed by atoms with E-state index in [0.717, 1.165) is 28.6 Å². The Labute approximate surface area is 99.3 Å². The molecule has 0 spiro atoms. The van der Waals surface area contributed by atoms with Crippen LogP contribution in [0.1, 0.15) is 18.9 Å². The van der Waals surface area contributed by atoms with Crippen molar-refractivity contribution in [3.63, 3.8) is 0 Å². The van der Waals surface area contributed by atoms with Crippen LogP contribution in [-0.4, -0.2) is 17.0 Å². The molecule has 0 aliphatic carbocycles. The van der Waals surface area contributed by atoms with Gasteiger partial charge in [0.25, 0.3) is 0 Å². The summed E-state index contributed by atoms with van der Waals surface area (Å²) in [5, 5.41) is 4.09. The van der Waals surface area contributed by atoms with Crippen LogP contribution in [-0.2, 0) is 0 Å². The fourth-order valence-electron chi connectivity index (χ4n) is 1.54. The van der Waals surface area contributed by atoms with E-state index in [1.54, 1.807) is 17.8 Å². The van der Waals surface area contributed by atoms with Crippen LogP contribution in [0.4, 0.5) is 10.1 Å². The van der Waals surface area contributed by atoms with Crippen molar-refractivity contribution in [3.05, 3.63) is 29.6 Å². The number of aryl methyl sites for hydroxylation is 1. The molecule has 1 aromatic rings. The van der Waals surface area contributed by atoms with Crippen molar-refractivity contribution in [1.29, 1.82) is 0 Å². The van der Waals surface area contributed by atoms with Crippen LogP contribution in [0.5, 0.6) is 0 Å². The van der Waals surface area contributed by atoms with E-state index >= 15 is 0 Å². The zero-order valence-corrected chi connectivity index (χ0v) is 10.3. The molecule has 0 saturated heterocycles. The number of amidine groups is 1. The lowest BCUT2D eigenvalue weighted by Gasteiger charge is -2.08. The molecule has 0 amide bonds. The predicted octanol–water partition coefficient (Wildman–Crippen LogP) is 3.43. The second-order valence-corrected chi connectivity index (χ2v) is 4.90. The van der Waals surface area contributed by atoms with E-state index < -0.39 is 0 Å². The number of aliphatic imine (C=N–C) groups is 1. The molecule has 1 aromatic carbocycles. The van der Waals surface area contributed by atoms with E-state index in [2.05, 4.69) is 17.2 Å². The Morgan fingerprint density at radius 3 is 3.06 bits per heavy atom. The largest absolute Gasteiger partial charge is 0.335 e. The third kappa shape index (κ3) is 2.55. The van der Waals surface area contributed by atoms with E-state index in [0.29, 0.717) is 6.04 Å². The Kier molecular flexibility index (Phi) is 3.49. The number of rotatable bonds is 2. The minimum atomic E-state index is -0.219. The van der Waals surface area contributed by atoms with Crippen LogP contribution in [0.3, 0.4) is 0 Å². The summed E-state index contributed by atoms with van der Waals surface area (Å²) in [4.78, 5) is 4.52. The predicted molar refractivity (Wildman–Crippen MR) is 68.7 cm³/mol. The van der Waals surface area contributed by atoms with Crippen molar-refractivity contribution < 1.29 is 4.39 Å². The van der Waals surface area contributed by atoms with Gasteiger partial charge in [0, 0.05) is 11.4 Å². The minimum absolute atomic E-state index is 0.219. The summed E-state index contributed by atoms with van der Waals surface area (Å²) < 4.78 is 13.1. The van der Waals surface area contributed by atoms with Crippen LogP contribution in [0.15, 0.2) is 23.2 Å². The van der Waals surface area contributed by atoms with Crippen molar-refractivity contribution in [2.45, 2.75) is 26.3 Å². The quantitative estimate of drug-likeness (QED) is 0.853. The molecule has 2 nitrogen and oxygen atoms in total. The monoisotopic (exact) mass is 238 g/mol. The molecule has 86 valence electrons. The van der Waals surface area contributed by atoms with Crippen molar-refractivity contribution in [2.75, 3.05) is 11.1 Å². The van der Waals surface area contributed by atoms with Gasteiger partial charge in [0.2, 0.25) is 0 Å². The summed E-state index contributed by atoms with van der Waals surface area (Å²) in [6.07, 6.45) is 1.06. The van der Waals surface area contributed by atoms with Crippen LogP contribution in [0.25, 0.3) is 0 Å².